The third-order valence-electron chi connectivity index (χ3n) is 4.72. The summed E-state index contributed by atoms with van der Waals surface area (Å²) in [6.45, 7) is 2.94. The number of halogens is 2. The van der Waals surface area contributed by atoms with Crippen molar-refractivity contribution in [1.82, 2.24) is 15.5 Å². The molecule has 3 amide bonds. The second kappa shape index (κ2) is 10.2. The molecule has 7 N–H and O–H groups in total. The van der Waals surface area contributed by atoms with Crippen molar-refractivity contribution in [3.05, 3.63) is 24.3 Å². The first kappa shape index (κ1) is 26.1. The van der Waals surface area contributed by atoms with Gasteiger partial charge in [0, 0.05) is 6.42 Å². The van der Waals surface area contributed by atoms with Gasteiger partial charge in [-0.3, -0.25) is 14.6 Å². The van der Waals surface area contributed by atoms with E-state index in [1.165, 1.54) is 0 Å². The van der Waals surface area contributed by atoms with E-state index in [0.717, 1.165) is 5.01 Å². The molecule has 1 heterocycles. The number of amides is 3. The van der Waals surface area contributed by atoms with Gasteiger partial charge in [-0.05, 0) is 32.9 Å². The van der Waals surface area contributed by atoms with E-state index in [1.54, 1.807) is 45.0 Å². The zero-order chi connectivity index (χ0) is 25.0. The molecule has 1 aromatic carbocycles. The Bertz CT molecular complexity index is 879. The molecule has 1 saturated heterocycles. The highest BCUT2D eigenvalue weighted by molar-refractivity contribution is 5.86. The number of aliphatic hydroxyl groups excluding tert-OH is 1. The Morgan fingerprint density at radius 2 is 1.94 bits per heavy atom. The summed E-state index contributed by atoms with van der Waals surface area (Å²) in [6.07, 6.45) is -3.78. The molecule has 184 valence electrons. The van der Waals surface area contributed by atoms with Gasteiger partial charge >= 0.3 is 6.09 Å². The molecule has 11 nitrogen and oxygen atoms in total. The van der Waals surface area contributed by atoms with Crippen LogP contribution in [0, 0.1) is 0 Å². The van der Waals surface area contributed by atoms with E-state index in [0.29, 0.717) is 16.3 Å². The quantitative estimate of drug-likeness (QED) is 0.162. The van der Waals surface area contributed by atoms with Gasteiger partial charge in [0.25, 0.3) is 11.8 Å². The number of carbonyl (C=O) groups excluding carboxylic acids is 3. The van der Waals surface area contributed by atoms with Gasteiger partial charge in [-0.15, -0.1) is 0 Å². The number of rotatable bonds is 7. The van der Waals surface area contributed by atoms with Crippen LogP contribution in [-0.2, 0) is 14.3 Å². The van der Waals surface area contributed by atoms with E-state index in [-0.39, 0.29) is 6.67 Å². The molecule has 0 saturated carbocycles. The maximum atomic E-state index is 14.0. The minimum Gasteiger partial charge on any atom is -0.444 e. The van der Waals surface area contributed by atoms with Crippen LogP contribution < -0.4 is 27.2 Å². The van der Waals surface area contributed by atoms with Crippen LogP contribution in [0.4, 0.5) is 25.0 Å². The van der Waals surface area contributed by atoms with Gasteiger partial charge < -0.3 is 31.1 Å². The molecule has 2 rings (SSSR count). The lowest BCUT2D eigenvalue weighted by Crippen LogP contribution is -2.53. The Labute approximate surface area is 190 Å². The summed E-state index contributed by atoms with van der Waals surface area (Å²) in [5, 5.41) is 16.0. The average molecular weight is 472 g/mol. The number of nitrogen functional groups attached to an aromatic ring is 1. The standard InChI is InChI=1S/C20H30F2N6O5/c1-19(2,3)33-18(32)25-9-15(29)27-10-20(21,22)8-14(27)16(30)17(31)26-11-28(24)13-7-5-4-6-12(13)23/h4-7,14,16,30H,8-11,23-24H2,1-3H3,(H,25,32)(H,26,31). The van der Waals surface area contributed by atoms with Gasteiger partial charge in [0.1, 0.15) is 18.8 Å². The zero-order valence-electron chi connectivity index (χ0n) is 18.7. The first-order valence-electron chi connectivity index (χ1n) is 10.2. The van der Waals surface area contributed by atoms with Crippen LogP contribution in [-0.4, -0.2) is 71.3 Å². The van der Waals surface area contributed by atoms with Crippen molar-refractivity contribution in [1.29, 1.82) is 0 Å². The number of anilines is 2. The maximum absolute atomic E-state index is 14.0. The molecule has 2 atom stereocenters. The van der Waals surface area contributed by atoms with E-state index in [4.69, 9.17) is 16.3 Å². The molecule has 1 fully saturated rings. The third kappa shape index (κ3) is 7.43. The molecule has 1 aliphatic rings. The maximum Gasteiger partial charge on any atom is 0.408 e. The van der Waals surface area contributed by atoms with Gasteiger partial charge in [-0.25, -0.2) is 19.4 Å². The molecule has 13 heteroatoms. The van der Waals surface area contributed by atoms with Crippen LogP contribution in [0.3, 0.4) is 0 Å². The van der Waals surface area contributed by atoms with E-state index >= 15 is 0 Å². The highest BCUT2D eigenvalue weighted by atomic mass is 19.3. The van der Waals surface area contributed by atoms with E-state index in [2.05, 4.69) is 10.6 Å². The topological polar surface area (TPSA) is 163 Å². The lowest BCUT2D eigenvalue weighted by atomic mass is 10.1. The van der Waals surface area contributed by atoms with Crippen molar-refractivity contribution < 1.29 is 33.0 Å². The molecule has 0 spiro atoms. The highest BCUT2D eigenvalue weighted by Crippen LogP contribution is 2.33. The van der Waals surface area contributed by atoms with E-state index in [1.807, 2.05) is 0 Å². The fourth-order valence-corrected chi connectivity index (χ4v) is 3.24. The van der Waals surface area contributed by atoms with Crippen LogP contribution in [0.5, 0.6) is 0 Å². The fraction of sp³-hybridized carbons (Fsp3) is 0.550. The zero-order valence-corrected chi connectivity index (χ0v) is 18.7. The predicted molar refractivity (Wildman–Crippen MR) is 116 cm³/mol. The summed E-state index contributed by atoms with van der Waals surface area (Å²) in [7, 11) is 0. The molecule has 0 radical (unpaired) electrons. The molecular weight excluding hydrogens is 442 g/mol. The molecular formula is C20H30F2N6O5. The molecule has 33 heavy (non-hydrogen) atoms. The summed E-state index contributed by atoms with van der Waals surface area (Å²) in [6, 6.07) is 5.08. The van der Waals surface area contributed by atoms with Crippen molar-refractivity contribution in [2.45, 2.75) is 50.9 Å². The number of alkyl halides is 2. The fourth-order valence-electron chi connectivity index (χ4n) is 3.24. The van der Waals surface area contributed by atoms with Crippen LogP contribution in [0.2, 0.25) is 0 Å². The van der Waals surface area contributed by atoms with Crippen molar-refractivity contribution in [2.75, 3.05) is 30.5 Å². The van der Waals surface area contributed by atoms with E-state index < -0.39 is 61.1 Å². The number of hydrogen-bond donors (Lipinski definition) is 5. The molecule has 0 aliphatic carbocycles. The van der Waals surface area contributed by atoms with Gasteiger partial charge in [-0.1, -0.05) is 12.1 Å². The highest BCUT2D eigenvalue weighted by Gasteiger charge is 2.51. The molecule has 1 aromatic rings. The van der Waals surface area contributed by atoms with Crippen molar-refractivity contribution in [3.63, 3.8) is 0 Å². The number of alkyl carbamates (subject to hydrolysis) is 1. The largest absolute Gasteiger partial charge is 0.444 e. The van der Waals surface area contributed by atoms with Gasteiger partial charge in [-0.2, -0.15) is 0 Å². The SMILES string of the molecule is CC(C)(C)OC(=O)NCC(=O)N1CC(F)(F)CC1C(O)C(=O)NCN(N)c1ccccc1N. The monoisotopic (exact) mass is 472 g/mol. The summed E-state index contributed by atoms with van der Waals surface area (Å²) >= 11 is 0. The van der Waals surface area contributed by atoms with E-state index in [9.17, 15) is 28.3 Å². The number of nitrogens with zero attached hydrogens (tertiary/aromatic N) is 2. The third-order valence-corrected chi connectivity index (χ3v) is 4.72. The van der Waals surface area contributed by atoms with Crippen molar-refractivity contribution >= 4 is 29.3 Å². The number of likely N-dealkylation sites (tertiary alicyclic amines) is 1. The Balaban J connectivity index is 1.98. The van der Waals surface area contributed by atoms with Crippen LogP contribution >= 0.6 is 0 Å². The summed E-state index contributed by atoms with van der Waals surface area (Å²) in [5.74, 6) is 0.639. The predicted octanol–water partition coefficient (Wildman–Crippen LogP) is 0.144. The normalized spacial score (nSPS) is 18.4. The Kier molecular flexibility index (Phi) is 8.03. The number of nitrogens with two attached hydrogens (primary N) is 2. The minimum atomic E-state index is -3.31. The smallest absolute Gasteiger partial charge is 0.408 e. The number of ether oxygens (including phenoxy) is 1. The number of carbonyl (C=O) groups is 3. The summed E-state index contributed by atoms with van der Waals surface area (Å²) < 4.78 is 33.1. The van der Waals surface area contributed by atoms with Gasteiger partial charge in [0.15, 0.2) is 6.10 Å². The van der Waals surface area contributed by atoms with Gasteiger partial charge in [0.05, 0.1) is 24.0 Å². The number of para-hydroxylation sites is 2. The summed E-state index contributed by atoms with van der Waals surface area (Å²) in [4.78, 5) is 37.3. The van der Waals surface area contributed by atoms with Crippen LogP contribution in [0.15, 0.2) is 24.3 Å². The lowest BCUT2D eigenvalue weighted by Gasteiger charge is -2.28. The molecule has 2 unspecified atom stereocenters. The second-order valence-corrected chi connectivity index (χ2v) is 8.68. The Morgan fingerprint density at radius 1 is 1.30 bits per heavy atom. The summed E-state index contributed by atoms with van der Waals surface area (Å²) in [5.41, 5.74) is 5.74. The molecule has 1 aliphatic heterocycles. The minimum absolute atomic E-state index is 0.276. The first-order valence-corrected chi connectivity index (χ1v) is 10.2. The Morgan fingerprint density at radius 3 is 2.55 bits per heavy atom. The number of aliphatic hydroxyl groups is 1. The number of nitrogens with one attached hydrogen (secondary N) is 2. The van der Waals surface area contributed by atoms with Gasteiger partial charge in [0.2, 0.25) is 5.91 Å². The van der Waals surface area contributed by atoms with Crippen LogP contribution in [0.1, 0.15) is 27.2 Å². The number of benzene rings is 1. The molecule has 0 bridgehead atoms. The van der Waals surface area contributed by atoms with Crippen molar-refractivity contribution in [2.24, 2.45) is 5.84 Å². The Hall–Kier alpha value is -3.19. The van der Waals surface area contributed by atoms with Crippen molar-refractivity contribution in [3.8, 4) is 0 Å². The van der Waals surface area contributed by atoms with Crippen LogP contribution in [0.25, 0.3) is 0 Å². The first-order chi connectivity index (χ1) is 15.2. The average Bonchev–Trinajstić information content (AvgIpc) is 3.04. The molecule has 0 aromatic heterocycles. The number of hydrogen-bond acceptors (Lipinski definition) is 8. The second-order valence-electron chi connectivity index (χ2n) is 8.68. The lowest BCUT2D eigenvalue weighted by molar-refractivity contribution is -0.139. The number of hydrazine groups is 1.